The predicted octanol–water partition coefficient (Wildman–Crippen LogP) is 5.25. The molecule has 0 unspecified atom stereocenters. The van der Waals surface area contributed by atoms with E-state index < -0.39 is 0 Å². The molecule has 1 saturated carbocycles. The zero-order chi connectivity index (χ0) is 17.1. The fourth-order valence-corrected chi connectivity index (χ4v) is 3.76. The van der Waals surface area contributed by atoms with Crippen LogP contribution in [0.25, 0.3) is 11.0 Å². The third-order valence-corrected chi connectivity index (χ3v) is 5.05. The van der Waals surface area contributed by atoms with Crippen molar-refractivity contribution in [3.8, 4) is 0 Å². The Morgan fingerprint density at radius 1 is 1.08 bits per heavy atom. The lowest BCUT2D eigenvalue weighted by Crippen LogP contribution is -2.35. The summed E-state index contributed by atoms with van der Waals surface area (Å²) in [4.78, 5) is 14.8. The van der Waals surface area contributed by atoms with Gasteiger partial charge in [-0.25, -0.2) is 0 Å². The van der Waals surface area contributed by atoms with E-state index in [0.717, 1.165) is 23.3 Å². The van der Waals surface area contributed by atoms with Crippen LogP contribution in [0.5, 0.6) is 0 Å². The minimum atomic E-state index is -0.0592. The molecule has 0 spiro atoms. The van der Waals surface area contributed by atoms with E-state index in [-0.39, 0.29) is 5.91 Å². The molecule has 0 saturated heterocycles. The van der Waals surface area contributed by atoms with Crippen molar-refractivity contribution in [1.82, 2.24) is 4.90 Å². The van der Waals surface area contributed by atoms with Crippen LogP contribution >= 0.6 is 0 Å². The Hall–Kier alpha value is -2.49. The molecule has 1 amide bonds. The smallest absolute Gasteiger partial charge is 0.289 e. The van der Waals surface area contributed by atoms with Crippen molar-refractivity contribution < 1.29 is 13.6 Å². The fraction of sp³-hybridized carbons (Fsp3) is 0.381. The first-order valence-electron chi connectivity index (χ1n) is 9.10. The fourth-order valence-electron chi connectivity index (χ4n) is 3.76. The normalized spacial score (nSPS) is 15.5. The zero-order valence-electron chi connectivity index (χ0n) is 14.3. The summed E-state index contributed by atoms with van der Waals surface area (Å²) in [6, 6.07) is 13.5. The maximum absolute atomic E-state index is 12.9. The molecule has 25 heavy (non-hydrogen) atoms. The van der Waals surface area contributed by atoms with Crippen LogP contribution < -0.4 is 0 Å². The van der Waals surface area contributed by atoms with Crippen molar-refractivity contribution in [1.29, 1.82) is 0 Å². The molecule has 4 nitrogen and oxygen atoms in total. The van der Waals surface area contributed by atoms with E-state index in [1.165, 1.54) is 32.1 Å². The number of rotatable bonds is 5. The number of carbonyl (C=O) groups is 1. The van der Waals surface area contributed by atoms with Crippen LogP contribution in [-0.4, -0.2) is 17.4 Å². The second kappa shape index (κ2) is 7.18. The van der Waals surface area contributed by atoms with Gasteiger partial charge in [-0.1, -0.05) is 37.5 Å². The Morgan fingerprint density at radius 2 is 1.92 bits per heavy atom. The number of hydrogen-bond donors (Lipinski definition) is 0. The summed E-state index contributed by atoms with van der Waals surface area (Å²) < 4.78 is 11.3. The summed E-state index contributed by atoms with van der Waals surface area (Å²) in [5.74, 6) is 1.72. The molecule has 1 aliphatic rings. The second-order valence-electron chi connectivity index (χ2n) is 6.92. The molecule has 1 fully saturated rings. The Labute approximate surface area is 147 Å². The molecule has 1 aliphatic carbocycles. The van der Waals surface area contributed by atoms with Crippen LogP contribution in [0.15, 0.2) is 57.6 Å². The van der Waals surface area contributed by atoms with Gasteiger partial charge in [0.25, 0.3) is 5.91 Å². The lowest BCUT2D eigenvalue weighted by Gasteiger charge is -2.28. The monoisotopic (exact) mass is 337 g/mol. The van der Waals surface area contributed by atoms with Crippen molar-refractivity contribution in [3.63, 3.8) is 0 Å². The second-order valence-corrected chi connectivity index (χ2v) is 6.92. The van der Waals surface area contributed by atoms with E-state index in [1.807, 2.05) is 35.2 Å². The highest BCUT2D eigenvalue weighted by molar-refractivity contribution is 5.91. The topological polar surface area (TPSA) is 46.6 Å². The van der Waals surface area contributed by atoms with Crippen LogP contribution in [0.3, 0.4) is 0 Å². The molecular weight excluding hydrogens is 314 g/mol. The number of fused-ring (bicyclic) bond motifs is 1. The van der Waals surface area contributed by atoms with Crippen LogP contribution in [0.2, 0.25) is 0 Å². The summed E-state index contributed by atoms with van der Waals surface area (Å²) in [6.07, 6.45) is 7.78. The SMILES string of the molecule is O=C(c1ccco1)N(Cc1cc2ccccc2o1)CC1CCCCC1. The molecule has 130 valence electrons. The molecule has 1 aromatic carbocycles. The van der Waals surface area contributed by atoms with Crippen molar-refractivity contribution >= 4 is 16.9 Å². The van der Waals surface area contributed by atoms with E-state index in [9.17, 15) is 4.79 Å². The summed E-state index contributed by atoms with van der Waals surface area (Å²) in [5, 5.41) is 1.07. The summed E-state index contributed by atoms with van der Waals surface area (Å²) in [7, 11) is 0. The van der Waals surface area contributed by atoms with Crippen LogP contribution in [0.1, 0.15) is 48.4 Å². The molecule has 0 atom stereocenters. The van der Waals surface area contributed by atoms with Gasteiger partial charge in [0, 0.05) is 11.9 Å². The highest BCUT2D eigenvalue weighted by Crippen LogP contribution is 2.27. The number of hydrogen-bond acceptors (Lipinski definition) is 3. The maximum atomic E-state index is 12.9. The molecular formula is C21H23NO3. The molecule has 0 bridgehead atoms. The van der Waals surface area contributed by atoms with Gasteiger partial charge >= 0.3 is 0 Å². The van der Waals surface area contributed by atoms with Crippen LogP contribution in [0.4, 0.5) is 0 Å². The highest BCUT2D eigenvalue weighted by Gasteiger charge is 2.24. The average molecular weight is 337 g/mol. The van der Waals surface area contributed by atoms with E-state index >= 15 is 0 Å². The van der Waals surface area contributed by atoms with Crippen LogP contribution in [0, 0.1) is 5.92 Å². The van der Waals surface area contributed by atoms with E-state index in [4.69, 9.17) is 8.83 Å². The Morgan fingerprint density at radius 3 is 2.68 bits per heavy atom. The van der Waals surface area contributed by atoms with Crippen LogP contribution in [-0.2, 0) is 6.54 Å². The molecule has 2 heterocycles. The number of furan rings is 2. The third kappa shape index (κ3) is 3.63. The van der Waals surface area contributed by atoms with Gasteiger partial charge in [0.15, 0.2) is 5.76 Å². The molecule has 4 heteroatoms. The third-order valence-electron chi connectivity index (χ3n) is 5.05. The first-order valence-corrected chi connectivity index (χ1v) is 9.10. The molecule has 0 N–H and O–H groups in total. The van der Waals surface area contributed by atoms with Gasteiger partial charge in [0.1, 0.15) is 11.3 Å². The summed E-state index contributed by atoms with van der Waals surface area (Å²) >= 11 is 0. The quantitative estimate of drug-likeness (QED) is 0.639. The predicted molar refractivity (Wildman–Crippen MR) is 96.2 cm³/mol. The Kier molecular flexibility index (Phi) is 4.59. The number of para-hydroxylation sites is 1. The zero-order valence-corrected chi connectivity index (χ0v) is 14.3. The van der Waals surface area contributed by atoms with Gasteiger partial charge in [0.05, 0.1) is 12.8 Å². The van der Waals surface area contributed by atoms with Crippen molar-refractivity contribution in [3.05, 3.63) is 60.2 Å². The van der Waals surface area contributed by atoms with Crippen molar-refractivity contribution in [2.24, 2.45) is 5.92 Å². The Balaban J connectivity index is 1.56. The van der Waals surface area contributed by atoms with Gasteiger partial charge < -0.3 is 13.7 Å². The average Bonchev–Trinajstić information content (AvgIpc) is 3.31. The summed E-state index contributed by atoms with van der Waals surface area (Å²) in [6.45, 7) is 1.24. The highest BCUT2D eigenvalue weighted by atomic mass is 16.3. The molecule has 4 rings (SSSR count). The van der Waals surface area contributed by atoms with E-state index in [2.05, 4.69) is 0 Å². The largest absolute Gasteiger partial charge is 0.459 e. The maximum Gasteiger partial charge on any atom is 0.289 e. The van der Waals surface area contributed by atoms with Gasteiger partial charge in [-0.05, 0) is 43.0 Å². The number of carbonyl (C=O) groups excluding carboxylic acids is 1. The molecule has 3 aromatic rings. The number of nitrogens with zero attached hydrogens (tertiary/aromatic N) is 1. The first kappa shape index (κ1) is 16.0. The van der Waals surface area contributed by atoms with Gasteiger partial charge in [0.2, 0.25) is 0 Å². The lowest BCUT2D eigenvalue weighted by molar-refractivity contribution is 0.0654. The molecule has 0 aliphatic heterocycles. The van der Waals surface area contributed by atoms with Gasteiger partial charge in [-0.3, -0.25) is 4.79 Å². The molecule has 0 radical (unpaired) electrons. The van der Waals surface area contributed by atoms with Crippen molar-refractivity contribution in [2.75, 3.05) is 6.54 Å². The van der Waals surface area contributed by atoms with E-state index in [0.29, 0.717) is 18.2 Å². The molecule has 2 aromatic heterocycles. The van der Waals surface area contributed by atoms with Gasteiger partial charge in [-0.15, -0.1) is 0 Å². The number of benzene rings is 1. The standard InChI is InChI=1S/C21H23NO3/c23-21(20-11-6-12-24-20)22(14-16-7-2-1-3-8-16)15-18-13-17-9-4-5-10-19(17)25-18/h4-6,9-13,16H,1-3,7-8,14-15H2. The van der Waals surface area contributed by atoms with E-state index in [1.54, 1.807) is 18.4 Å². The van der Waals surface area contributed by atoms with Crippen molar-refractivity contribution in [2.45, 2.75) is 38.6 Å². The minimum absolute atomic E-state index is 0.0592. The minimum Gasteiger partial charge on any atom is -0.459 e. The Bertz CT molecular complexity index is 795. The van der Waals surface area contributed by atoms with Gasteiger partial charge in [-0.2, -0.15) is 0 Å². The lowest BCUT2D eigenvalue weighted by atomic mass is 9.89. The summed E-state index contributed by atoms with van der Waals surface area (Å²) in [5.41, 5.74) is 0.862. The number of amides is 1. The first-order chi connectivity index (χ1) is 12.3.